The summed E-state index contributed by atoms with van der Waals surface area (Å²) in [6, 6.07) is 2.99. The average Bonchev–Trinajstić information content (AvgIpc) is 2.63. The van der Waals surface area contributed by atoms with Crippen molar-refractivity contribution in [2.24, 2.45) is 0 Å². The number of hydrogen-bond donors (Lipinski definition) is 1. The van der Waals surface area contributed by atoms with Crippen LogP contribution in [0.25, 0.3) is 11.0 Å². The third-order valence-electron chi connectivity index (χ3n) is 2.72. The number of hydrogen-bond acceptors (Lipinski definition) is 3. The lowest BCUT2D eigenvalue weighted by Crippen LogP contribution is -2.20. The number of rotatable bonds is 3. The molecule has 0 saturated heterocycles. The van der Waals surface area contributed by atoms with Gasteiger partial charge in [-0.15, -0.1) is 0 Å². The third kappa shape index (κ3) is 2.84. The Hall–Kier alpha value is -2.25. The highest BCUT2D eigenvalue weighted by Crippen LogP contribution is 2.30. The monoisotopic (exact) mass is 288 g/mol. The Kier molecular flexibility index (Phi) is 3.56. The van der Waals surface area contributed by atoms with E-state index >= 15 is 0 Å². The normalized spacial score (nSPS) is 11.8. The van der Waals surface area contributed by atoms with Gasteiger partial charge in [-0.2, -0.15) is 13.2 Å². The second-order valence-corrected chi connectivity index (χ2v) is 4.15. The molecule has 0 saturated carbocycles. The summed E-state index contributed by atoms with van der Waals surface area (Å²) in [5.74, 6) is -0.489. The Morgan fingerprint density at radius 1 is 1.40 bits per heavy atom. The van der Waals surface area contributed by atoms with Crippen LogP contribution >= 0.6 is 0 Å². The lowest BCUT2D eigenvalue weighted by molar-refractivity contribution is -0.141. The van der Waals surface area contributed by atoms with Crippen molar-refractivity contribution in [2.45, 2.75) is 19.6 Å². The van der Waals surface area contributed by atoms with Gasteiger partial charge in [-0.25, -0.2) is 4.79 Å². The quantitative estimate of drug-likeness (QED) is 0.877. The van der Waals surface area contributed by atoms with Crippen LogP contribution in [0.1, 0.15) is 12.5 Å². The fourth-order valence-electron chi connectivity index (χ4n) is 1.84. The zero-order valence-electron chi connectivity index (χ0n) is 10.5. The van der Waals surface area contributed by atoms with Gasteiger partial charge >= 0.3 is 17.8 Å². The predicted octanol–water partition coefficient (Wildman–Crippen LogP) is 1.91. The van der Waals surface area contributed by atoms with Gasteiger partial charge in [0.25, 0.3) is 0 Å². The molecule has 1 aromatic carbocycles. The number of halogens is 3. The van der Waals surface area contributed by atoms with Crippen LogP contribution in [-0.4, -0.2) is 22.1 Å². The Morgan fingerprint density at radius 3 is 2.70 bits per heavy atom. The Bertz CT molecular complexity index is 700. The van der Waals surface area contributed by atoms with Gasteiger partial charge in [-0.3, -0.25) is 9.36 Å². The molecule has 1 aromatic heterocycles. The maximum Gasteiger partial charge on any atom is 0.416 e. The molecule has 0 radical (unpaired) electrons. The van der Waals surface area contributed by atoms with E-state index in [0.29, 0.717) is 5.52 Å². The first-order valence-corrected chi connectivity index (χ1v) is 5.72. The third-order valence-corrected chi connectivity index (χ3v) is 2.72. The average molecular weight is 288 g/mol. The molecule has 20 heavy (non-hydrogen) atoms. The van der Waals surface area contributed by atoms with Gasteiger partial charge in [0.05, 0.1) is 23.1 Å². The minimum atomic E-state index is -4.47. The molecule has 8 heteroatoms. The summed E-state index contributed by atoms with van der Waals surface area (Å²) in [5, 5.41) is 0. The number of carbonyl (C=O) groups is 1. The number of aromatic nitrogens is 2. The zero-order chi connectivity index (χ0) is 14.9. The molecule has 0 aliphatic heterocycles. The Morgan fingerprint density at radius 2 is 2.10 bits per heavy atom. The van der Waals surface area contributed by atoms with Crippen LogP contribution in [0.5, 0.6) is 0 Å². The molecule has 0 fully saturated rings. The van der Waals surface area contributed by atoms with Crippen molar-refractivity contribution >= 4 is 17.0 Å². The van der Waals surface area contributed by atoms with Crippen molar-refractivity contribution in [3.05, 3.63) is 34.2 Å². The van der Waals surface area contributed by atoms with Gasteiger partial charge in [0.1, 0.15) is 6.61 Å². The van der Waals surface area contributed by atoms with E-state index in [1.807, 2.05) is 0 Å². The van der Waals surface area contributed by atoms with Crippen LogP contribution in [0.15, 0.2) is 23.0 Å². The number of carbonyl (C=O) groups excluding carboxylic acids is 1. The highest BCUT2D eigenvalue weighted by atomic mass is 19.4. The van der Waals surface area contributed by atoms with Gasteiger partial charge in [0.15, 0.2) is 0 Å². The van der Waals surface area contributed by atoms with Gasteiger partial charge in [0.2, 0.25) is 0 Å². The maximum absolute atomic E-state index is 12.6. The van der Waals surface area contributed by atoms with E-state index in [9.17, 15) is 22.8 Å². The molecule has 2 aromatic rings. The fraction of sp³-hybridized carbons (Fsp3) is 0.333. The topological polar surface area (TPSA) is 64.1 Å². The van der Waals surface area contributed by atoms with Crippen molar-refractivity contribution in [3.63, 3.8) is 0 Å². The summed E-state index contributed by atoms with van der Waals surface area (Å²) in [6.45, 7) is 1.28. The van der Waals surface area contributed by atoms with Gasteiger partial charge in [-0.05, 0) is 18.2 Å². The first-order chi connectivity index (χ1) is 9.29. The molecule has 0 spiro atoms. The molecular formula is C12H11F3N2O3. The number of H-pyrrole nitrogens is 1. The number of nitrogens with zero attached hydrogens (tertiary/aromatic N) is 1. The molecule has 0 aliphatic rings. The van der Waals surface area contributed by atoms with Gasteiger partial charge in [0, 0.05) is 6.92 Å². The molecule has 2 rings (SSSR count). The van der Waals surface area contributed by atoms with E-state index < -0.39 is 23.4 Å². The second kappa shape index (κ2) is 5.03. The molecule has 0 aliphatic carbocycles. The molecule has 0 atom stereocenters. The number of aromatic amines is 1. The Labute approximate surface area is 111 Å². The van der Waals surface area contributed by atoms with E-state index in [1.54, 1.807) is 0 Å². The molecule has 1 N–H and O–H groups in total. The Balaban J connectivity index is 2.35. The van der Waals surface area contributed by atoms with Gasteiger partial charge in [-0.1, -0.05) is 0 Å². The van der Waals surface area contributed by atoms with E-state index in [0.717, 1.165) is 12.1 Å². The van der Waals surface area contributed by atoms with E-state index in [2.05, 4.69) is 4.98 Å². The number of nitrogens with one attached hydrogen (secondary N) is 1. The number of ether oxygens (including phenoxy) is 1. The summed E-state index contributed by atoms with van der Waals surface area (Å²) >= 11 is 0. The van der Waals surface area contributed by atoms with Crippen molar-refractivity contribution < 1.29 is 22.7 Å². The molecule has 0 unspecified atom stereocenters. The maximum atomic E-state index is 12.6. The van der Waals surface area contributed by atoms with Gasteiger partial charge < -0.3 is 9.72 Å². The molecule has 1 heterocycles. The second-order valence-electron chi connectivity index (χ2n) is 4.15. The van der Waals surface area contributed by atoms with E-state index in [4.69, 9.17) is 4.74 Å². The molecule has 108 valence electrons. The molecule has 0 amide bonds. The minimum Gasteiger partial charge on any atom is -0.464 e. The SMILES string of the molecule is CC(=O)OCCn1c(=O)[nH]c2cc(C(F)(F)F)ccc21. The van der Waals surface area contributed by atoms with Crippen molar-refractivity contribution in [3.8, 4) is 0 Å². The summed E-state index contributed by atoms with van der Waals surface area (Å²) in [4.78, 5) is 24.6. The van der Waals surface area contributed by atoms with Crippen LogP contribution in [0.3, 0.4) is 0 Å². The van der Waals surface area contributed by atoms with Crippen LogP contribution < -0.4 is 5.69 Å². The number of fused-ring (bicyclic) bond motifs is 1. The van der Waals surface area contributed by atoms with Crippen LogP contribution in [0, 0.1) is 0 Å². The first-order valence-electron chi connectivity index (χ1n) is 5.72. The summed E-state index contributed by atoms with van der Waals surface area (Å²) in [5.41, 5.74) is -0.965. The highest BCUT2D eigenvalue weighted by Gasteiger charge is 2.30. The molecular weight excluding hydrogens is 277 g/mol. The summed E-state index contributed by atoms with van der Waals surface area (Å²) in [7, 11) is 0. The van der Waals surface area contributed by atoms with Crippen molar-refractivity contribution in [2.75, 3.05) is 6.61 Å². The van der Waals surface area contributed by atoms with E-state index in [-0.39, 0.29) is 18.7 Å². The highest BCUT2D eigenvalue weighted by molar-refractivity contribution is 5.76. The summed E-state index contributed by atoms with van der Waals surface area (Å²) < 4.78 is 43.6. The standard InChI is InChI=1S/C12H11F3N2O3/c1-7(18)20-5-4-17-10-3-2-8(12(13,14)15)6-9(10)16-11(17)19/h2-3,6H,4-5H2,1H3,(H,16,19). The smallest absolute Gasteiger partial charge is 0.416 e. The molecule has 5 nitrogen and oxygen atoms in total. The summed E-state index contributed by atoms with van der Waals surface area (Å²) in [6.07, 6.45) is -4.47. The minimum absolute atomic E-state index is 0.0246. The van der Waals surface area contributed by atoms with Crippen LogP contribution in [0.2, 0.25) is 0 Å². The van der Waals surface area contributed by atoms with Crippen molar-refractivity contribution in [1.29, 1.82) is 0 Å². The largest absolute Gasteiger partial charge is 0.464 e. The van der Waals surface area contributed by atoms with Crippen LogP contribution in [0.4, 0.5) is 13.2 Å². The van der Waals surface area contributed by atoms with Crippen molar-refractivity contribution in [1.82, 2.24) is 9.55 Å². The fourth-order valence-corrected chi connectivity index (χ4v) is 1.84. The predicted molar refractivity (Wildman–Crippen MR) is 64.2 cm³/mol. The number of benzene rings is 1. The van der Waals surface area contributed by atoms with E-state index in [1.165, 1.54) is 17.6 Å². The zero-order valence-corrected chi connectivity index (χ0v) is 10.5. The molecule has 0 bridgehead atoms. The lowest BCUT2D eigenvalue weighted by Gasteiger charge is -2.07. The number of imidazole rings is 1. The van der Waals surface area contributed by atoms with Crippen LogP contribution in [-0.2, 0) is 22.3 Å². The number of alkyl halides is 3. The first kappa shape index (κ1) is 14.2. The lowest BCUT2D eigenvalue weighted by atomic mass is 10.2. The number of esters is 1.